The summed E-state index contributed by atoms with van der Waals surface area (Å²) in [5.74, 6) is -3.15. The lowest BCUT2D eigenvalue weighted by molar-refractivity contribution is -0.157. The Morgan fingerprint density at radius 2 is 1.89 bits per heavy atom. The zero-order valence-corrected chi connectivity index (χ0v) is 14.7. The number of amides is 1. The Morgan fingerprint density at radius 1 is 1.22 bits per heavy atom. The lowest BCUT2D eigenvalue weighted by Crippen LogP contribution is -2.49. The van der Waals surface area contributed by atoms with Crippen molar-refractivity contribution < 1.29 is 38.1 Å². The molecule has 2 unspecified atom stereocenters. The van der Waals surface area contributed by atoms with Gasteiger partial charge in [0.25, 0.3) is 5.91 Å². The summed E-state index contributed by atoms with van der Waals surface area (Å²) in [5, 5.41) is 19.6. The molecular formula is C18H23F2NO6. The highest BCUT2D eigenvalue weighted by molar-refractivity contribution is 5.86. The summed E-state index contributed by atoms with van der Waals surface area (Å²) in [5.41, 5.74) is 0.510. The van der Waals surface area contributed by atoms with Crippen molar-refractivity contribution in [2.24, 2.45) is 5.92 Å². The lowest BCUT2D eigenvalue weighted by atomic mass is 9.93. The van der Waals surface area contributed by atoms with Crippen LogP contribution < -0.4 is 4.74 Å². The van der Waals surface area contributed by atoms with E-state index >= 15 is 0 Å². The number of morpholine rings is 1. The molecule has 9 heteroatoms. The van der Waals surface area contributed by atoms with Crippen LogP contribution in [0, 0.1) is 5.92 Å². The molecule has 1 aromatic rings. The van der Waals surface area contributed by atoms with Crippen LogP contribution in [-0.2, 0) is 20.7 Å². The van der Waals surface area contributed by atoms with Gasteiger partial charge in [-0.2, -0.15) is 8.78 Å². The van der Waals surface area contributed by atoms with Gasteiger partial charge >= 0.3 is 12.6 Å². The Labute approximate surface area is 155 Å². The van der Waals surface area contributed by atoms with Crippen LogP contribution in [0.3, 0.4) is 0 Å². The number of aliphatic hydroxyl groups excluding tert-OH is 1. The van der Waals surface area contributed by atoms with Gasteiger partial charge in [0.2, 0.25) is 0 Å². The minimum Gasteiger partial charge on any atom is -0.481 e. The maximum atomic E-state index is 12.4. The van der Waals surface area contributed by atoms with E-state index in [0.29, 0.717) is 31.9 Å². The summed E-state index contributed by atoms with van der Waals surface area (Å²) >= 11 is 0. The van der Waals surface area contributed by atoms with E-state index in [1.165, 1.54) is 11.0 Å². The van der Waals surface area contributed by atoms with Crippen LogP contribution in [0.4, 0.5) is 8.78 Å². The highest BCUT2D eigenvalue weighted by Crippen LogP contribution is 2.24. The van der Waals surface area contributed by atoms with Crippen LogP contribution in [0.1, 0.15) is 18.4 Å². The van der Waals surface area contributed by atoms with E-state index in [0.717, 1.165) is 0 Å². The first-order valence-corrected chi connectivity index (χ1v) is 8.70. The number of carboxylic acid groups (broad SMARTS) is 1. The fourth-order valence-electron chi connectivity index (χ4n) is 2.99. The average Bonchev–Trinajstić information content (AvgIpc) is 2.65. The number of aliphatic hydroxyl groups is 1. The van der Waals surface area contributed by atoms with Gasteiger partial charge in [-0.25, -0.2) is 0 Å². The Hall–Kier alpha value is -2.26. The van der Waals surface area contributed by atoms with Crippen LogP contribution in [-0.4, -0.2) is 66.0 Å². The Balaban J connectivity index is 1.94. The molecule has 1 aliphatic heterocycles. The van der Waals surface area contributed by atoms with Crippen LogP contribution in [0.2, 0.25) is 0 Å². The molecule has 2 atom stereocenters. The average molecular weight is 387 g/mol. The van der Waals surface area contributed by atoms with Gasteiger partial charge in [0.1, 0.15) is 11.9 Å². The monoisotopic (exact) mass is 387 g/mol. The molecule has 1 fully saturated rings. The van der Waals surface area contributed by atoms with Crippen LogP contribution in [0.5, 0.6) is 5.75 Å². The van der Waals surface area contributed by atoms with E-state index in [-0.39, 0.29) is 25.0 Å². The summed E-state index contributed by atoms with van der Waals surface area (Å²) in [7, 11) is 0. The third-order valence-corrected chi connectivity index (χ3v) is 4.42. The number of alkyl halides is 2. The standard InChI is InChI=1S/C18H23F2NO6/c19-18(20)27-14-7-2-1-4-12(14)5-3-6-13(17(24)25)15(22)16(23)21-8-10-26-11-9-21/h1-2,4,7,13,15,18,22H,3,5-6,8-11H2,(H,24,25). The molecule has 7 nitrogen and oxygen atoms in total. The number of carbonyl (C=O) groups is 2. The van der Waals surface area contributed by atoms with E-state index < -0.39 is 30.5 Å². The second kappa shape index (κ2) is 10.2. The number of carbonyl (C=O) groups excluding carboxylic acids is 1. The number of hydrogen-bond acceptors (Lipinski definition) is 5. The van der Waals surface area contributed by atoms with E-state index in [4.69, 9.17) is 4.74 Å². The molecule has 2 rings (SSSR count). The Bertz CT molecular complexity index is 636. The number of aliphatic carboxylic acids is 1. The number of rotatable bonds is 9. The summed E-state index contributed by atoms with van der Waals surface area (Å²) in [6.45, 7) is -1.65. The third-order valence-electron chi connectivity index (χ3n) is 4.42. The Morgan fingerprint density at radius 3 is 2.52 bits per heavy atom. The van der Waals surface area contributed by atoms with Gasteiger partial charge in [0.05, 0.1) is 19.1 Å². The predicted octanol–water partition coefficient (Wildman–Crippen LogP) is 1.53. The van der Waals surface area contributed by atoms with E-state index in [1.54, 1.807) is 18.2 Å². The number of carboxylic acids is 1. The Kier molecular flexibility index (Phi) is 7.93. The van der Waals surface area contributed by atoms with Gasteiger partial charge in [-0.1, -0.05) is 18.2 Å². The minimum absolute atomic E-state index is 0.0234. The van der Waals surface area contributed by atoms with Gasteiger partial charge in [-0.15, -0.1) is 0 Å². The van der Waals surface area contributed by atoms with E-state index in [9.17, 15) is 28.6 Å². The highest BCUT2D eigenvalue weighted by Gasteiger charge is 2.34. The SMILES string of the molecule is O=C(O)C(CCCc1ccccc1OC(F)F)C(O)C(=O)N1CCOCC1. The molecule has 1 saturated heterocycles. The van der Waals surface area contributed by atoms with Crippen molar-refractivity contribution in [1.29, 1.82) is 0 Å². The number of halogens is 2. The van der Waals surface area contributed by atoms with Crippen molar-refractivity contribution in [3.05, 3.63) is 29.8 Å². The molecule has 2 N–H and O–H groups in total. The molecule has 0 saturated carbocycles. The second-order valence-corrected chi connectivity index (χ2v) is 6.21. The minimum atomic E-state index is -2.95. The van der Waals surface area contributed by atoms with Crippen LogP contribution in [0.25, 0.3) is 0 Å². The quantitative estimate of drug-likeness (QED) is 0.667. The zero-order valence-electron chi connectivity index (χ0n) is 14.7. The number of para-hydroxylation sites is 1. The van der Waals surface area contributed by atoms with Crippen molar-refractivity contribution in [2.75, 3.05) is 26.3 Å². The number of hydrogen-bond donors (Lipinski definition) is 2. The van der Waals surface area contributed by atoms with Crippen LogP contribution in [0.15, 0.2) is 24.3 Å². The summed E-state index contributed by atoms with van der Waals surface area (Å²) < 4.78 is 34.5. The summed E-state index contributed by atoms with van der Waals surface area (Å²) in [6, 6.07) is 6.25. The highest BCUT2D eigenvalue weighted by atomic mass is 19.3. The molecule has 0 aromatic heterocycles. The van der Waals surface area contributed by atoms with Crippen LogP contribution >= 0.6 is 0 Å². The topological polar surface area (TPSA) is 96.3 Å². The third kappa shape index (κ3) is 6.14. The first-order chi connectivity index (χ1) is 12.9. The van der Waals surface area contributed by atoms with Gasteiger partial charge in [-0.3, -0.25) is 9.59 Å². The van der Waals surface area contributed by atoms with Crippen molar-refractivity contribution in [1.82, 2.24) is 4.90 Å². The summed E-state index contributed by atoms with van der Waals surface area (Å²) in [4.78, 5) is 25.2. The molecule has 0 spiro atoms. The molecule has 1 heterocycles. The maximum absolute atomic E-state index is 12.4. The number of benzene rings is 1. The molecule has 0 radical (unpaired) electrons. The molecule has 0 aliphatic carbocycles. The zero-order chi connectivity index (χ0) is 19.8. The lowest BCUT2D eigenvalue weighted by Gasteiger charge is -2.30. The molecule has 27 heavy (non-hydrogen) atoms. The van der Waals surface area contributed by atoms with Gasteiger partial charge in [0.15, 0.2) is 0 Å². The normalized spacial score (nSPS) is 16.8. The van der Waals surface area contributed by atoms with Crippen molar-refractivity contribution in [3.63, 3.8) is 0 Å². The largest absolute Gasteiger partial charge is 0.481 e. The van der Waals surface area contributed by atoms with E-state index in [1.807, 2.05) is 0 Å². The smallest absolute Gasteiger partial charge is 0.387 e. The first-order valence-electron chi connectivity index (χ1n) is 8.70. The number of aryl methyl sites for hydroxylation is 1. The number of nitrogens with zero attached hydrogens (tertiary/aromatic N) is 1. The van der Waals surface area contributed by atoms with Crippen molar-refractivity contribution in [3.8, 4) is 5.75 Å². The molecule has 1 amide bonds. The molecule has 1 aromatic carbocycles. The fourth-order valence-corrected chi connectivity index (χ4v) is 2.99. The summed E-state index contributed by atoms with van der Waals surface area (Å²) in [6.07, 6.45) is -1.07. The fraction of sp³-hybridized carbons (Fsp3) is 0.556. The molecule has 150 valence electrons. The van der Waals surface area contributed by atoms with Gasteiger partial charge in [0, 0.05) is 13.1 Å². The van der Waals surface area contributed by atoms with Gasteiger partial charge in [-0.05, 0) is 30.9 Å². The molecule has 0 bridgehead atoms. The van der Waals surface area contributed by atoms with Crippen molar-refractivity contribution >= 4 is 11.9 Å². The predicted molar refractivity (Wildman–Crippen MR) is 90.5 cm³/mol. The maximum Gasteiger partial charge on any atom is 0.387 e. The van der Waals surface area contributed by atoms with Crippen molar-refractivity contribution in [2.45, 2.75) is 32.0 Å². The van der Waals surface area contributed by atoms with Gasteiger partial charge < -0.3 is 24.6 Å². The second-order valence-electron chi connectivity index (χ2n) is 6.21. The van der Waals surface area contributed by atoms with E-state index in [2.05, 4.69) is 4.74 Å². The number of ether oxygens (including phenoxy) is 2. The first kappa shape index (κ1) is 21.0. The molecule has 1 aliphatic rings. The molecular weight excluding hydrogens is 364 g/mol.